The number of ether oxygens (including phenoxy) is 1. The van der Waals surface area contributed by atoms with Crippen LogP contribution in [0.1, 0.15) is 30.4 Å². The molecule has 0 aliphatic rings. The Morgan fingerprint density at radius 1 is 1.69 bits per heavy atom. The molecule has 1 atom stereocenters. The van der Waals surface area contributed by atoms with Gasteiger partial charge in [-0.25, -0.2) is 4.98 Å². The van der Waals surface area contributed by atoms with E-state index in [1.165, 1.54) is 0 Å². The van der Waals surface area contributed by atoms with Gasteiger partial charge >= 0.3 is 0 Å². The predicted molar refractivity (Wildman–Crippen MR) is 51.0 cm³/mol. The minimum absolute atomic E-state index is 0.156. The Balaban J connectivity index is 2.40. The van der Waals surface area contributed by atoms with Gasteiger partial charge in [-0.15, -0.1) is 11.6 Å². The fraction of sp³-hybridized carbons (Fsp3) is 0.667. The summed E-state index contributed by atoms with van der Waals surface area (Å²) in [6, 6.07) is 0. The third-order valence-corrected chi connectivity index (χ3v) is 1.87. The topological polar surface area (TPSA) is 35.3 Å². The first-order valence-corrected chi connectivity index (χ1v) is 4.75. The van der Waals surface area contributed by atoms with Crippen molar-refractivity contribution < 1.29 is 9.15 Å². The van der Waals surface area contributed by atoms with Gasteiger partial charge in [-0.1, -0.05) is 0 Å². The molecule has 0 N–H and O–H groups in total. The Morgan fingerprint density at radius 3 is 3.00 bits per heavy atom. The summed E-state index contributed by atoms with van der Waals surface area (Å²) < 4.78 is 10.3. The maximum atomic E-state index is 5.80. The summed E-state index contributed by atoms with van der Waals surface area (Å²) in [5.74, 6) is 1.47. The van der Waals surface area contributed by atoms with Crippen LogP contribution in [0.2, 0.25) is 0 Å². The maximum Gasteiger partial charge on any atom is 0.212 e. The SMILES string of the molecule is COCCCc1cnc(C(C)Cl)o1. The fourth-order valence-electron chi connectivity index (χ4n) is 1.01. The van der Waals surface area contributed by atoms with Gasteiger partial charge in [-0.05, 0) is 13.3 Å². The molecular formula is C9H14ClNO2. The largest absolute Gasteiger partial charge is 0.444 e. The molecule has 1 rings (SSSR count). The van der Waals surface area contributed by atoms with Crippen molar-refractivity contribution in [3.05, 3.63) is 17.8 Å². The Morgan fingerprint density at radius 2 is 2.46 bits per heavy atom. The van der Waals surface area contributed by atoms with Crippen LogP contribution in [0.3, 0.4) is 0 Å². The van der Waals surface area contributed by atoms with Crippen molar-refractivity contribution in [3.8, 4) is 0 Å². The van der Waals surface area contributed by atoms with Gasteiger partial charge in [-0.3, -0.25) is 0 Å². The number of oxazole rings is 1. The minimum atomic E-state index is -0.156. The smallest absolute Gasteiger partial charge is 0.212 e. The van der Waals surface area contributed by atoms with Crippen LogP contribution in [0.15, 0.2) is 10.6 Å². The van der Waals surface area contributed by atoms with E-state index in [4.69, 9.17) is 20.8 Å². The molecule has 4 heteroatoms. The lowest BCUT2D eigenvalue weighted by Crippen LogP contribution is -1.90. The normalized spacial score (nSPS) is 13.2. The number of aromatic nitrogens is 1. The highest BCUT2D eigenvalue weighted by Crippen LogP contribution is 2.19. The molecule has 1 unspecified atom stereocenters. The summed E-state index contributed by atoms with van der Waals surface area (Å²) in [6.45, 7) is 2.58. The molecule has 1 aromatic heterocycles. The van der Waals surface area contributed by atoms with E-state index in [0.29, 0.717) is 5.89 Å². The Hall–Kier alpha value is -0.540. The third-order valence-electron chi connectivity index (χ3n) is 1.68. The highest BCUT2D eigenvalue weighted by Gasteiger charge is 2.08. The lowest BCUT2D eigenvalue weighted by Gasteiger charge is -1.96. The second-order valence-corrected chi connectivity index (χ2v) is 3.53. The molecule has 0 radical (unpaired) electrons. The summed E-state index contributed by atoms with van der Waals surface area (Å²) in [5, 5.41) is -0.156. The molecule has 0 spiro atoms. The Bertz CT molecular complexity index is 248. The number of aryl methyl sites for hydroxylation is 1. The summed E-state index contributed by atoms with van der Waals surface area (Å²) in [6.07, 6.45) is 3.52. The zero-order chi connectivity index (χ0) is 9.68. The standard InChI is InChI=1S/C9H14ClNO2/c1-7(10)9-11-6-8(13-9)4-3-5-12-2/h6-7H,3-5H2,1-2H3. The zero-order valence-corrected chi connectivity index (χ0v) is 8.67. The third kappa shape index (κ3) is 3.36. The maximum absolute atomic E-state index is 5.80. The van der Waals surface area contributed by atoms with Crippen LogP contribution >= 0.6 is 11.6 Å². The van der Waals surface area contributed by atoms with Crippen LogP contribution < -0.4 is 0 Å². The van der Waals surface area contributed by atoms with Gasteiger partial charge in [0.05, 0.1) is 6.20 Å². The first kappa shape index (κ1) is 10.5. The first-order chi connectivity index (χ1) is 6.24. The van der Waals surface area contributed by atoms with Crippen molar-refractivity contribution >= 4 is 11.6 Å². The van der Waals surface area contributed by atoms with Crippen LogP contribution in [0, 0.1) is 0 Å². The average molecular weight is 204 g/mol. The number of nitrogens with zero attached hydrogens (tertiary/aromatic N) is 1. The van der Waals surface area contributed by atoms with Crippen LogP contribution in [-0.2, 0) is 11.2 Å². The molecule has 1 heterocycles. The summed E-state index contributed by atoms with van der Waals surface area (Å²) in [4.78, 5) is 4.06. The van der Waals surface area contributed by atoms with Gasteiger partial charge in [0, 0.05) is 20.1 Å². The van der Waals surface area contributed by atoms with Crippen molar-refractivity contribution in [1.29, 1.82) is 0 Å². The van der Waals surface area contributed by atoms with Crippen molar-refractivity contribution in [3.63, 3.8) is 0 Å². The number of halogens is 1. The Kier molecular flexibility index (Phi) is 4.25. The number of rotatable bonds is 5. The van der Waals surface area contributed by atoms with E-state index in [1.807, 2.05) is 6.92 Å². The van der Waals surface area contributed by atoms with Crippen LogP contribution in [0.25, 0.3) is 0 Å². The van der Waals surface area contributed by atoms with E-state index < -0.39 is 0 Å². The van der Waals surface area contributed by atoms with Crippen molar-refractivity contribution in [2.75, 3.05) is 13.7 Å². The van der Waals surface area contributed by atoms with Gasteiger partial charge in [0.1, 0.15) is 11.1 Å². The van der Waals surface area contributed by atoms with Gasteiger partial charge in [-0.2, -0.15) is 0 Å². The van der Waals surface area contributed by atoms with Gasteiger partial charge in [0.15, 0.2) is 0 Å². The zero-order valence-electron chi connectivity index (χ0n) is 7.92. The predicted octanol–water partition coefficient (Wildman–Crippen LogP) is 2.55. The lowest BCUT2D eigenvalue weighted by atomic mass is 10.3. The van der Waals surface area contributed by atoms with E-state index in [9.17, 15) is 0 Å². The summed E-state index contributed by atoms with van der Waals surface area (Å²) >= 11 is 5.80. The highest BCUT2D eigenvalue weighted by atomic mass is 35.5. The van der Waals surface area contributed by atoms with E-state index in [2.05, 4.69) is 4.98 Å². The molecule has 1 aromatic rings. The molecule has 0 saturated carbocycles. The number of methoxy groups -OCH3 is 1. The molecule has 0 aliphatic heterocycles. The van der Waals surface area contributed by atoms with Crippen molar-refractivity contribution in [2.24, 2.45) is 0 Å². The molecule has 0 aromatic carbocycles. The number of hydrogen-bond donors (Lipinski definition) is 0. The molecule has 0 bridgehead atoms. The molecule has 0 aliphatic carbocycles. The van der Waals surface area contributed by atoms with Crippen LogP contribution in [0.4, 0.5) is 0 Å². The van der Waals surface area contributed by atoms with Crippen molar-refractivity contribution in [2.45, 2.75) is 25.1 Å². The second-order valence-electron chi connectivity index (χ2n) is 2.88. The van der Waals surface area contributed by atoms with Gasteiger partial charge in [0.2, 0.25) is 5.89 Å². The van der Waals surface area contributed by atoms with Gasteiger partial charge in [0.25, 0.3) is 0 Å². The lowest BCUT2D eigenvalue weighted by molar-refractivity contribution is 0.193. The van der Waals surface area contributed by atoms with E-state index in [-0.39, 0.29) is 5.38 Å². The van der Waals surface area contributed by atoms with Crippen molar-refractivity contribution in [1.82, 2.24) is 4.98 Å². The quantitative estimate of drug-likeness (QED) is 0.545. The second kappa shape index (κ2) is 5.25. The number of hydrogen-bond acceptors (Lipinski definition) is 3. The van der Waals surface area contributed by atoms with E-state index in [0.717, 1.165) is 25.2 Å². The van der Waals surface area contributed by atoms with Crippen LogP contribution in [0.5, 0.6) is 0 Å². The molecule has 0 amide bonds. The van der Waals surface area contributed by atoms with E-state index >= 15 is 0 Å². The number of alkyl halides is 1. The fourth-order valence-corrected chi connectivity index (χ4v) is 1.11. The molecule has 0 saturated heterocycles. The Labute approximate surface area is 83.1 Å². The summed E-state index contributed by atoms with van der Waals surface area (Å²) in [7, 11) is 1.69. The van der Waals surface area contributed by atoms with Gasteiger partial charge < -0.3 is 9.15 Å². The molecule has 3 nitrogen and oxygen atoms in total. The highest BCUT2D eigenvalue weighted by molar-refractivity contribution is 6.20. The van der Waals surface area contributed by atoms with Crippen LogP contribution in [-0.4, -0.2) is 18.7 Å². The average Bonchev–Trinajstić information content (AvgIpc) is 2.53. The monoisotopic (exact) mass is 203 g/mol. The molecule has 74 valence electrons. The molecule has 0 fully saturated rings. The molecule has 13 heavy (non-hydrogen) atoms. The molecular weight excluding hydrogens is 190 g/mol. The summed E-state index contributed by atoms with van der Waals surface area (Å²) in [5.41, 5.74) is 0. The first-order valence-electron chi connectivity index (χ1n) is 4.31. The van der Waals surface area contributed by atoms with E-state index in [1.54, 1.807) is 13.3 Å². The minimum Gasteiger partial charge on any atom is -0.444 e.